The van der Waals surface area contributed by atoms with Gasteiger partial charge in [0.05, 0.1) is 5.69 Å². The van der Waals surface area contributed by atoms with Crippen molar-refractivity contribution in [2.45, 2.75) is 25.9 Å². The standard InChI is InChI=1S/C20H21ClN2O4/c1-20(2)19(26)23(16-12-13(21)4-9-17(16)27-20)11-10-18(25)22(3)14-5-7-15(24)8-6-14/h4-9,12,24H,10-11H2,1-3H3. The third-order valence-corrected chi connectivity index (χ3v) is 4.73. The molecule has 1 aliphatic rings. The van der Waals surface area contributed by atoms with Gasteiger partial charge in [0.1, 0.15) is 11.5 Å². The molecule has 1 aliphatic heterocycles. The van der Waals surface area contributed by atoms with Crippen LogP contribution in [0.4, 0.5) is 11.4 Å². The summed E-state index contributed by atoms with van der Waals surface area (Å²) in [5, 5.41) is 9.86. The highest BCUT2D eigenvalue weighted by atomic mass is 35.5. The number of halogens is 1. The maximum Gasteiger partial charge on any atom is 0.270 e. The fourth-order valence-electron chi connectivity index (χ4n) is 2.96. The molecule has 2 aromatic carbocycles. The number of amides is 2. The van der Waals surface area contributed by atoms with Gasteiger partial charge in [0.2, 0.25) is 5.91 Å². The van der Waals surface area contributed by atoms with Gasteiger partial charge < -0.3 is 19.6 Å². The number of carbonyl (C=O) groups is 2. The minimum absolute atomic E-state index is 0.130. The predicted molar refractivity (Wildman–Crippen MR) is 105 cm³/mol. The Balaban J connectivity index is 1.78. The molecule has 27 heavy (non-hydrogen) atoms. The molecule has 0 spiro atoms. The molecule has 2 aromatic rings. The van der Waals surface area contributed by atoms with E-state index in [0.717, 1.165) is 0 Å². The zero-order valence-corrected chi connectivity index (χ0v) is 16.2. The quantitative estimate of drug-likeness (QED) is 0.868. The first-order valence-corrected chi connectivity index (χ1v) is 8.93. The third-order valence-electron chi connectivity index (χ3n) is 4.50. The van der Waals surface area contributed by atoms with E-state index in [4.69, 9.17) is 16.3 Å². The van der Waals surface area contributed by atoms with Crippen LogP contribution in [0.5, 0.6) is 11.5 Å². The third kappa shape index (κ3) is 3.85. The molecule has 1 heterocycles. The van der Waals surface area contributed by atoms with E-state index in [1.54, 1.807) is 56.1 Å². The first kappa shape index (κ1) is 19.0. The van der Waals surface area contributed by atoms with Crippen LogP contribution in [0.1, 0.15) is 20.3 Å². The number of benzene rings is 2. The van der Waals surface area contributed by atoms with E-state index in [1.807, 2.05) is 0 Å². The van der Waals surface area contributed by atoms with Crippen LogP contribution in [0, 0.1) is 0 Å². The lowest BCUT2D eigenvalue weighted by molar-refractivity contribution is -0.132. The van der Waals surface area contributed by atoms with Crippen LogP contribution in [0.15, 0.2) is 42.5 Å². The van der Waals surface area contributed by atoms with Gasteiger partial charge >= 0.3 is 0 Å². The molecule has 0 fully saturated rings. The molecule has 0 atom stereocenters. The highest BCUT2D eigenvalue weighted by Gasteiger charge is 2.41. The summed E-state index contributed by atoms with van der Waals surface area (Å²) in [6, 6.07) is 11.4. The smallest absolute Gasteiger partial charge is 0.270 e. The van der Waals surface area contributed by atoms with Gasteiger partial charge in [0.25, 0.3) is 5.91 Å². The van der Waals surface area contributed by atoms with Crippen LogP contribution in [0.25, 0.3) is 0 Å². The molecule has 0 radical (unpaired) electrons. The molecule has 0 unspecified atom stereocenters. The Morgan fingerprint density at radius 3 is 2.56 bits per heavy atom. The molecular formula is C20H21ClN2O4. The molecule has 142 valence electrons. The summed E-state index contributed by atoms with van der Waals surface area (Å²) in [5.74, 6) is 0.316. The highest BCUT2D eigenvalue weighted by molar-refractivity contribution is 6.31. The summed E-state index contributed by atoms with van der Waals surface area (Å²) >= 11 is 6.08. The van der Waals surface area contributed by atoms with Gasteiger partial charge in [-0.15, -0.1) is 0 Å². The topological polar surface area (TPSA) is 70.1 Å². The van der Waals surface area contributed by atoms with Gasteiger partial charge in [-0.25, -0.2) is 0 Å². The SMILES string of the molecule is CN(C(=O)CCN1C(=O)C(C)(C)Oc2ccc(Cl)cc21)c1ccc(O)cc1. The van der Waals surface area contributed by atoms with E-state index < -0.39 is 5.60 Å². The van der Waals surface area contributed by atoms with Crippen molar-refractivity contribution in [1.29, 1.82) is 0 Å². The van der Waals surface area contributed by atoms with Crippen molar-refractivity contribution in [3.8, 4) is 11.5 Å². The van der Waals surface area contributed by atoms with Gasteiger partial charge in [-0.1, -0.05) is 11.6 Å². The fraction of sp³-hybridized carbons (Fsp3) is 0.300. The van der Waals surface area contributed by atoms with E-state index in [1.165, 1.54) is 17.0 Å². The molecule has 7 heteroatoms. The largest absolute Gasteiger partial charge is 0.508 e. The number of anilines is 2. The van der Waals surface area contributed by atoms with Crippen LogP contribution in [-0.2, 0) is 9.59 Å². The molecule has 1 N–H and O–H groups in total. The van der Waals surface area contributed by atoms with Gasteiger partial charge in [-0.05, 0) is 56.3 Å². The number of phenols is 1. The molecule has 2 amide bonds. The zero-order valence-electron chi connectivity index (χ0n) is 15.4. The first-order chi connectivity index (χ1) is 12.7. The second kappa shape index (κ2) is 7.12. The minimum Gasteiger partial charge on any atom is -0.508 e. The Labute approximate surface area is 162 Å². The zero-order chi connectivity index (χ0) is 19.8. The number of carbonyl (C=O) groups excluding carboxylic acids is 2. The Kier molecular flexibility index (Phi) is 5.02. The second-order valence-electron chi connectivity index (χ2n) is 6.90. The van der Waals surface area contributed by atoms with Crippen molar-refractivity contribution in [3.63, 3.8) is 0 Å². The molecule has 0 saturated heterocycles. The van der Waals surface area contributed by atoms with Crippen LogP contribution in [-0.4, -0.2) is 36.1 Å². The number of hydrogen-bond donors (Lipinski definition) is 1. The Morgan fingerprint density at radius 2 is 1.89 bits per heavy atom. The van der Waals surface area contributed by atoms with Gasteiger partial charge in [0.15, 0.2) is 5.60 Å². The van der Waals surface area contributed by atoms with Crippen molar-refractivity contribution in [3.05, 3.63) is 47.5 Å². The maximum atomic E-state index is 12.8. The summed E-state index contributed by atoms with van der Waals surface area (Å²) in [4.78, 5) is 28.4. The van der Waals surface area contributed by atoms with E-state index >= 15 is 0 Å². The van der Waals surface area contributed by atoms with Crippen molar-refractivity contribution in [1.82, 2.24) is 0 Å². The summed E-state index contributed by atoms with van der Waals surface area (Å²) in [5.41, 5.74) is 0.203. The average molecular weight is 389 g/mol. The lowest BCUT2D eigenvalue weighted by Crippen LogP contribution is -2.53. The van der Waals surface area contributed by atoms with E-state index in [2.05, 4.69) is 0 Å². The monoisotopic (exact) mass is 388 g/mol. The maximum absolute atomic E-state index is 12.8. The average Bonchev–Trinajstić information content (AvgIpc) is 2.62. The van der Waals surface area contributed by atoms with Crippen molar-refractivity contribution >= 4 is 34.8 Å². The Bertz CT molecular complexity index is 880. The Hall–Kier alpha value is -2.73. The minimum atomic E-state index is -1.02. The number of phenolic OH excluding ortho intramolecular Hbond substituents is 1. The van der Waals surface area contributed by atoms with E-state index in [0.29, 0.717) is 22.1 Å². The number of nitrogens with zero attached hydrogens (tertiary/aromatic N) is 2. The lowest BCUT2D eigenvalue weighted by Gasteiger charge is -2.39. The summed E-state index contributed by atoms with van der Waals surface area (Å²) in [6.07, 6.45) is 0.130. The summed E-state index contributed by atoms with van der Waals surface area (Å²) in [6.45, 7) is 3.61. The van der Waals surface area contributed by atoms with Gasteiger partial charge in [-0.2, -0.15) is 0 Å². The molecule has 0 aliphatic carbocycles. The van der Waals surface area contributed by atoms with Crippen LogP contribution >= 0.6 is 11.6 Å². The van der Waals surface area contributed by atoms with Crippen molar-refractivity contribution in [2.24, 2.45) is 0 Å². The number of fused-ring (bicyclic) bond motifs is 1. The van der Waals surface area contributed by atoms with Crippen LogP contribution < -0.4 is 14.5 Å². The van der Waals surface area contributed by atoms with Crippen LogP contribution in [0.3, 0.4) is 0 Å². The number of rotatable bonds is 4. The predicted octanol–water partition coefficient (Wildman–Crippen LogP) is 3.60. The molecule has 6 nitrogen and oxygen atoms in total. The fourth-order valence-corrected chi connectivity index (χ4v) is 3.12. The van der Waals surface area contributed by atoms with Crippen molar-refractivity contribution < 1.29 is 19.4 Å². The Morgan fingerprint density at radius 1 is 1.22 bits per heavy atom. The normalized spacial score (nSPS) is 15.1. The number of hydrogen-bond acceptors (Lipinski definition) is 4. The molecule has 0 bridgehead atoms. The molecular weight excluding hydrogens is 368 g/mol. The highest BCUT2D eigenvalue weighted by Crippen LogP contribution is 2.39. The summed E-state index contributed by atoms with van der Waals surface area (Å²) < 4.78 is 5.78. The lowest BCUT2D eigenvalue weighted by atomic mass is 10.0. The first-order valence-electron chi connectivity index (χ1n) is 8.55. The molecule has 3 rings (SSSR count). The second-order valence-corrected chi connectivity index (χ2v) is 7.34. The van der Waals surface area contributed by atoms with Gasteiger partial charge in [0, 0.05) is 30.7 Å². The molecule has 0 aromatic heterocycles. The van der Waals surface area contributed by atoms with Crippen molar-refractivity contribution in [2.75, 3.05) is 23.4 Å². The van der Waals surface area contributed by atoms with E-state index in [9.17, 15) is 14.7 Å². The molecule has 0 saturated carbocycles. The number of aromatic hydroxyl groups is 1. The van der Waals surface area contributed by atoms with Gasteiger partial charge in [-0.3, -0.25) is 9.59 Å². The van der Waals surface area contributed by atoms with E-state index in [-0.39, 0.29) is 30.5 Å². The summed E-state index contributed by atoms with van der Waals surface area (Å²) in [7, 11) is 1.66. The van der Waals surface area contributed by atoms with Crippen LogP contribution in [0.2, 0.25) is 5.02 Å². The number of ether oxygens (including phenoxy) is 1.